The van der Waals surface area contributed by atoms with Gasteiger partial charge >= 0.3 is 0 Å². The van der Waals surface area contributed by atoms with Crippen molar-refractivity contribution < 1.29 is 4.79 Å². The van der Waals surface area contributed by atoms with Gasteiger partial charge in [0.25, 0.3) is 5.91 Å². The second kappa shape index (κ2) is 6.81. The van der Waals surface area contributed by atoms with E-state index in [0.717, 1.165) is 27.0 Å². The van der Waals surface area contributed by atoms with E-state index in [1.54, 1.807) is 11.3 Å². The molecule has 2 heterocycles. The van der Waals surface area contributed by atoms with Gasteiger partial charge in [-0.3, -0.25) is 4.79 Å². The molecule has 2 aromatic carbocycles. The van der Waals surface area contributed by atoms with Crippen molar-refractivity contribution in [2.75, 3.05) is 5.32 Å². The van der Waals surface area contributed by atoms with Crippen LogP contribution in [0, 0.1) is 13.8 Å². The van der Waals surface area contributed by atoms with E-state index in [0.29, 0.717) is 12.2 Å². The van der Waals surface area contributed by atoms with Gasteiger partial charge in [0, 0.05) is 12.2 Å². The number of nitrogens with one attached hydrogen (secondary N) is 1. The Hall–Kier alpha value is -2.85. The molecular formula is C22H20N2OS. The van der Waals surface area contributed by atoms with Crippen molar-refractivity contribution in [3.05, 3.63) is 88.4 Å². The third-order valence-electron chi connectivity index (χ3n) is 4.58. The van der Waals surface area contributed by atoms with E-state index in [4.69, 9.17) is 0 Å². The van der Waals surface area contributed by atoms with Crippen molar-refractivity contribution in [2.24, 2.45) is 0 Å². The highest BCUT2D eigenvalue weighted by Crippen LogP contribution is 2.27. The molecule has 0 aliphatic carbocycles. The van der Waals surface area contributed by atoms with Crippen LogP contribution in [0.4, 0.5) is 5.69 Å². The lowest BCUT2D eigenvalue weighted by molar-refractivity contribution is 0.101. The number of nitrogens with zero attached hydrogens (tertiary/aromatic N) is 1. The third-order valence-corrected chi connectivity index (χ3v) is 5.43. The minimum Gasteiger partial charge on any atom is -0.331 e. The number of rotatable bonds is 4. The van der Waals surface area contributed by atoms with Crippen LogP contribution < -0.4 is 5.32 Å². The van der Waals surface area contributed by atoms with Crippen molar-refractivity contribution in [3.8, 4) is 0 Å². The van der Waals surface area contributed by atoms with Gasteiger partial charge < -0.3 is 9.88 Å². The van der Waals surface area contributed by atoms with Crippen LogP contribution in [0.5, 0.6) is 0 Å². The Labute approximate surface area is 156 Å². The summed E-state index contributed by atoms with van der Waals surface area (Å²) >= 11 is 1.66. The molecule has 0 radical (unpaired) electrons. The van der Waals surface area contributed by atoms with E-state index < -0.39 is 0 Å². The molecule has 1 N–H and O–H groups in total. The van der Waals surface area contributed by atoms with Gasteiger partial charge in [-0.2, -0.15) is 0 Å². The molecule has 0 fully saturated rings. The molecule has 0 unspecified atom stereocenters. The zero-order valence-electron chi connectivity index (χ0n) is 14.8. The number of aromatic nitrogens is 1. The molecular weight excluding hydrogens is 340 g/mol. The van der Waals surface area contributed by atoms with Gasteiger partial charge in [0.05, 0.1) is 10.2 Å². The van der Waals surface area contributed by atoms with Gasteiger partial charge in [0.15, 0.2) is 0 Å². The summed E-state index contributed by atoms with van der Waals surface area (Å²) in [4.78, 5) is 13.0. The lowest BCUT2D eigenvalue weighted by Gasteiger charge is -2.13. The lowest BCUT2D eigenvalue weighted by atomic mass is 10.1. The standard InChI is InChI=1S/C22H20N2OS/c1-15-8-9-16(2)18(12-15)23-22(25)20-13-21-19(10-11-26-21)24(20)14-17-6-4-3-5-7-17/h3-13H,14H2,1-2H3,(H,23,25). The molecule has 0 bridgehead atoms. The summed E-state index contributed by atoms with van der Waals surface area (Å²) in [5, 5.41) is 5.16. The summed E-state index contributed by atoms with van der Waals surface area (Å²) in [6.07, 6.45) is 0. The average Bonchev–Trinajstić information content (AvgIpc) is 3.22. The summed E-state index contributed by atoms with van der Waals surface area (Å²) in [7, 11) is 0. The predicted molar refractivity (Wildman–Crippen MR) is 109 cm³/mol. The van der Waals surface area contributed by atoms with Crippen molar-refractivity contribution >= 4 is 33.1 Å². The Balaban J connectivity index is 1.71. The lowest BCUT2D eigenvalue weighted by Crippen LogP contribution is -2.18. The fourth-order valence-electron chi connectivity index (χ4n) is 3.16. The SMILES string of the molecule is Cc1ccc(C)c(NC(=O)c2cc3sccc3n2Cc2ccccc2)c1. The maximum Gasteiger partial charge on any atom is 0.272 e. The summed E-state index contributed by atoms with van der Waals surface area (Å²) < 4.78 is 3.23. The Kier molecular flexibility index (Phi) is 4.35. The van der Waals surface area contributed by atoms with Gasteiger partial charge in [-0.05, 0) is 54.1 Å². The van der Waals surface area contributed by atoms with E-state index in [1.807, 2.05) is 50.2 Å². The van der Waals surface area contributed by atoms with E-state index in [9.17, 15) is 4.79 Å². The van der Waals surface area contributed by atoms with Crippen LogP contribution in [0.1, 0.15) is 27.2 Å². The number of hydrogen-bond donors (Lipinski definition) is 1. The largest absolute Gasteiger partial charge is 0.331 e. The van der Waals surface area contributed by atoms with Crippen molar-refractivity contribution in [1.82, 2.24) is 4.57 Å². The topological polar surface area (TPSA) is 34.0 Å². The van der Waals surface area contributed by atoms with Crippen LogP contribution in [-0.4, -0.2) is 10.5 Å². The van der Waals surface area contributed by atoms with Crippen LogP contribution >= 0.6 is 11.3 Å². The van der Waals surface area contributed by atoms with E-state index in [2.05, 4.69) is 39.5 Å². The fraction of sp³-hybridized carbons (Fsp3) is 0.136. The second-order valence-corrected chi connectivity index (χ2v) is 7.49. The van der Waals surface area contributed by atoms with Crippen molar-refractivity contribution in [3.63, 3.8) is 0 Å². The summed E-state index contributed by atoms with van der Waals surface area (Å²) in [5.41, 5.74) is 6.03. The van der Waals surface area contributed by atoms with E-state index in [1.165, 1.54) is 5.56 Å². The zero-order valence-corrected chi connectivity index (χ0v) is 15.6. The Morgan fingerprint density at radius 1 is 1.04 bits per heavy atom. The summed E-state index contributed by atoms with van der Waals surface area (Å²) in [6, 6.07) is 20.4. The molecule has 26 heavy (non-hydrogen) atoms. The number of anilines is 1. The van der Waals surface area contributed by atoms with Crippen LogP contribution in [0.25, 0.3) is 10.2 Å². The van der Waals surface area contributed by atoms with Gasteiger partial charge in [-0.25, -0.2) is 0 Å². The molecule has 0 spiro atoms. The van der Waals surface area contributed by atoms with Gasteiger partial charge in [0.2, 0.25) is 0 Å². The second-order valence-electron chi connectivity index (χ2n) is 6.54. The smallest absolute Gasteiger partial charge is 0.272 e. The minimum absolute atomic E-state index is 0.0713. The number of benzene rings is 2. The molecule has 0 aliphatic heterocycles. The van der Waals surface area contributed by atoms with Crippen LogP contribution in [0.3, 0.4) is 0 Å². The average molecular weight is 360 g/mol. The normalized spacial score (nSPS) is 11.0. The first kappa shape index (κ1) is 16.6. The number of aryl methyl sites for hydroxylation is 2. The zero-order chi connectivity index (χ0) is 18.1. The van der Waals surface area contributed by atoms with E-state index in [-0.39, 0.29) is 5.91 Å². The quantitative estimate of drug-likeness (QED) is 0.503. The first-order chi connectivity index (χ1) is 12.6. The molecule has 130 valence electrons. The van der Waals surface area contributed by atoms with Gasteiger partial charge in [-0.15, -0.1) is 11.3 Å². The monoisotopic (exact) mass is 360 g/mol. The number of amides is 1. The highest BCUT2D eigenvalue weighted by molar-refractivity contribution is 7.17. The highest BCUT2D eigenvalue weighted by atomic mass is 32.1. The first-order valence-electron chi connectivity index (χ1n) is 8.61. The summed E-state index contributed by atoms with van der Waals surface area (Å²) in [6.45, 7) is 4.72. The molecule has 4 heteroatoms. The minimum atomic E-state index is -0.0713. The van der Waals surface area contributed by atoms with Crippen LogP contribution in [0.2, 0.25) is 0 Å². The van der Waals surface area contributed by atoms with Gasteiger partial charge in [-0.1, -0.05) is 42.5 Å². The Morgan fingerprint density at radius 3 is 2.65 bits per heavy atom. The maximum atomic E-state index is 13.0. The molecule has 4 rings (SSSR count). The van der Waals surface area contributed by atoms with Crippen LogP contribution in [-0.2, 0) is 6.54 Å². The third kappa shape index (κ3) is 3.16. The first-order valence-corrected chi connectivity index (χ1v) is 9.49. The maximum absolute atomic E-state index is 13.0. The highest BCUT2D eigenvalue weighted by Gasteiger charge is 2.17. The Morgan fingerprint density at radius 2 is 1.85 bits per heavy atom. The summed E-state index contributed by atoms with van der Waals surface area (Å²) in [5.74, 6) is -0.0713. The number of hydrogen-bond acceptors (Lipinski definition) is 2. The number of fused-ring (bicyclic) bond motifs is 1. The molecule has 3 nitrogen and oxygen atoms in total. The molecule has 0 saturated carbocycles. The molecule has 4 aromatic rings. The predicted octanol–water partition coefficient (Wildman–Crippen LogP) is 5.62. The molecule has 2 aromatic heterocycles. The van der Waals surface area contributed by atoms with E-state index >= 15 is 0 Å². The number of carbonyl (C=O) groups is 1. The molecule has 0 atom stereocenters. The van der Waals surface area contributed by atoms with Gasteiger partial charge in [0.1, 0.15) is 5.69 Å². The molecule has 1 amide bonds. The number of thiophene rings is 1. The fourth-order valence-corrected chi connectivity index (χ4v) is 3.98. The van der Waals surface area contributed by atoms with Crippen molar-refractivity contribution in [2.45, 2.75) is 20.4 Å². The Bertz CT molecular complexity index is 1080. The van der Waals surface area contributed by atoms with Crippen molar-refractivity contribution in [1.29, 1.82) is 0 Å². The molecule has 0 saturated heterocycles. The number of carbonyl (C=O) groups excluding carboxylic acids is 1. The molecule has 0 aliphatic rings. The van der Waals surface area contributed by atoms with Crippen LogP contribution in [0.15, 0.2) is 66.0 Å².